The van der Waals surface area contributed by atoms with E-state index in [-0.39, 0.29) is 5.56 Å². The molecule has 1 amide bonds. The second-order valence-corrected chi connectivity index (χ2v) is 7.82. The van der Waals surface area contributed by atoms with Crippen molar-refractivity contribution in [1.29, 1.82) is 0 Å². The van der Waals surface area contributed by atoms with Crippen molar-refractivity contribution in [2.24, 2.45) is 5.14 Å². The Morgan fingerprint density at radius 3 is 2.29 bits per heavy atom. The van der Waals surface area contributed by atoms with Gasteiger partial charge in [0.25, 0.3) is 15.9 Å². The van der Waals surface area contributed by atoms with Gasteiger partial charge < -0.3 is 9.73 Å². The first-order valence-corrected chi connectivity index (χ1v) is 9.58. The Bertz CT molecular complexity index is 911. The first kappa shape index (κ1) is 15.4. The number of hydrogen-bond acceptors (Lipinski definition) is 4. The lowest BCUT2D eigenvalue weighted by molar-refractivity contribution is 0.102. The maximum atomic E-state index is 12.7. The zero-order valence-corrected chi connectivity index (χ0v) is 13.9. The predicted octanol–water partition coefficient (Wildman–Crippen LogP) is 2.16. The van der Waals surface area contributed by atoms with Gasteiger partial charge in [-0.1, -0.05) is 6.07 Å². The van der Waals surface area contributed by atoms with Crippen LogP contribution in [0.4, 0.5) is 5.69 Å². The van der Waals surface area contributed by atoms with E-state index in [0.717, 1.165) is 50.5 Å². The van der Waals surface area contributed by atoms with Gasteiger partial charge in [0.05, 0.1) is 11.8 Å². The summed E-state index contributed by atoms with van der Waals surface area (Å²) < 4.78 is 28.0. The fourth-order valence-corrected chi connectivity index (χ4v) is 4.49. The molecular formula is C17H18N2O4S. The highest BCUT2D eigenvalue weighted by Crippen LogP contribution is 2.38. The van der Waals surface area contributed by atoms with Crippen LogP contribution in [0.1, 0.15) is 45.5 Å². The molecule has 0 spiro atoms. The summed E-state index contributed by atoms with van der Waals surface area (Å²) in [7, 11) is -4.08. The standard InChI is InChI=1S/C17H18N2O4S/c18-24(21,22)17-14(7-8-23-17)16(20)19-15-12-5-1-3-10(12)9-11-4-2-6-13(11)15/h7-9H,1-6H2,(H,19,20)(H2,18,21,22). The van der Waals surface area contributed by atoms with Crippen molar-refractivity contribution in [3.05, 3.63) is 46.2 Å². The molecule has 1 heterocycles. The molecule has 2 aliphatic rings. The van der Waals surface area contributed by atoms with Gasteiger partial charge in [0.15, 0.2) is 0 Å². The van der Waals surface area contributed by atoms with Gasteiger partial charge in [-0.2, -0.15) is 0 Å². The van der Waals surface area contributed by atoms with Crippen molar-refractivity contribution in [3.63, 3.8) is 0 Å². The number of aryl methyl sites for hydroxylation is 2. The number of fused-ring (bicyclic) bond motifs is 2. The summed E-state index contributed by atoms with van der Waals surface area (Å²) in [5.41, 5.74) is 5.77. The number of benzene rings is 1. The molecule has 0 unspecified atom stereocenters. The van der Waals surface area contributed by atoms with E-state index in [1.807, 2.05) is 0 Å². The zero-order valence-electron chi connectivity index (χ0n) is 13.1. The molecule has 7 heteroatoms. The number of amides is 1. The molecule has 0 fully saturated rings. The number of sulfonamides is 1. The quantitative estimate of drug-likeness (QED) is 0.889. The maximum Gasteiger partial charge on any atom is 0.272 e. The van der Waals surface area contributed by atoms with Crippen LogP contribution in [-0.2, 0) is 35.7 Å². The molecule has 1 aromatic heterocycles. The van der Waals surface area contributed by atoms with Crippen LogP contribution in [0.25, 0.3) is 0 Å². The molecule has 2 aromatic rings. The second-order valence-electron chi connectivity index (χ2n) is 6.35. The number of primary sulfonamides is 1. The summed E-state index contributed by atoms with van der Waals surface area (Å²) in [4.78, 5) is 12.7. The van der Waals surface area contributed by atoms with E-state index in [2.05, 4.69) is 11.4 Å². The smallest absolute Gasteiger partial charge is 0.272 e. The van der Waals surface area contributed by atoms with Crippen LogP contribution >= 0.6 is 0 Å². The molecule has 1 aromatic carbocycles. The first-order chi connectivity index (χ1) is 11.4. The number of carbonyl (C=O) groups excluding carboxylic acids is 1. The summed E-state index contributed by atoms with van der Waals surface area (Å²) in [5, 5.41) is 7.55. The van der Waals surface area contributed by atoms with Crippen LogP contribution in [0.15, 0.2) is 27.9 Å². The van der Waals surface area contributed by atoms with Gasteiger partial charge >= 0.3 is 0 Å². The number of carbonyl (C=O) groups is 1. The van der Waals surface area contributed by atoms with Crippen LogP contribution in [0.2, 0.25) is 0 Å². The number of nitrogens with one attached hydrogen (secondary N) is 1. The molecule has 6 nitrogen and oxygen atoms in total. The predicted molar refractivity (Wildman–Crippen MR) is 88.5 cm³/mol. The summed E-state index contributed by atoms with van der Waals surface area (Å²) in [5.74, 6) is -0.498. The van der Waals surface area contributed by atoms with Crippen molar-refractivity contribution in [1.82, 2.24) is 0 Å². The number of rotatable bonds is 3. The second kappa shape index (κ2) is 5.46. The van der Waals surface area contributed by atoms with E-state index in [0.29, 0.717) is 0 Å². The molecule has 0 aliphatic heterocycles. The monoisotopic (exact) mass is 346 g/mol. The Balaban J connectivity index is 1.75. The lowest BCUT2D eigenvalue weighted by atomic mass is 9.98. The van der Waals surface area contributed by atoms with Crippen LogP contribution < -0.4 is 10.5 Å². The van der Waals surface area contributed by atoms with E-state index in [9.17, 15) is 13.2 Å². The third-order valence-corrected chi connectivity index (χ3v) is 5.68. The minimum atomic E-state index is -4.08. The van der Waals surface area contributed by atoms with E-state index in [1.165, 1.54) is 28.3 Å². The summed E-state index contributed by atoms with van der Waals surface area (Å²) in [6.07, 6.45) is 7.25. The minimum Gasteiger partial charge on any atom is -0.451 e. The highest BCUT2D eigenvalue weighted by molar-refractivity contribution is 7.89. The molecule has 0 radical (unpaired) electrons. The van der Waals surface area contributed by atoms with Crippen LogP contribution in [-0.4, -0.2) is 14.3 Å². The van der Waals surface area contributed by atoms with Crippen LogP contribution in [0.3, 0.4) is 0 Å². The average Bonchev–Trinajstić information content (AvgIpc) is 3.25. The highest BCUT2D eigenvalue weighted by atomic mass is 32.2. The molecule has 0 saturated carbocycles. The van der Waals surface area contributed by atoms with Gasteiger partial charge in [-0.25, -0.2) is 13.6 Å². The first-order valence-electron chi connectivity index (χ1n) is 8.03. The van der Waals surface area contributed by atoms with Gasteiger partial charge in [0, 0.05) is 5.69 Å². The third kappa shape index (κ3) is 2.44. The topological polar surface area (TPSA) is 102 Å². The minimum absolute atomic E-state index is 0.0557. The number of furan rings is 1. The SMILES string of the molecule is NS(=O)(=O)c1occc1C(=O)Nc1c2c(cc3c1CCC3)CCC2. The van der Waals surface area contributed by atoms with Crippen LogP contribution in [0, 0.1) is 0 Å². The molecule has 2 aliphatic carbocycles. The van der Waals surface area contributed by atoms with Gasteiger partial charge in [-0.15, -0.1) is 0 Å². The normalized spacial score (nSPS) is 16.0. The lowest BCUT2D eigenvalue weighted by Gasteiger charge is -2.16. The van der Waals surface area contributed by atoms with Crippen LogP contribution in [0.5, 0.6) is 0 Å². The average molecular weight is 346 g/mol. The number of nitrogens with two attached hydrogens (primary N) is 1. The molecule has 4 rings (SSSR count). The van der Waals surface area contributed by atoms with E-state index in [1.54, 1.807) is 0 Å². The Kier molecular flexibility index (Phi) is 3.51. The highest BCUT2D eigenvalue weighted by Gasteiger charge is 2.28. The molecule has 0 atom stereocenters. The maximum absolute atomic E-state index is 12.7. The molecule has 3 N–H and O–H groups in total. The van der Waals surface area contributed by atoms with Gasteiger partial charge in [-0.3, -0.25) is 4.79 Å². The number of anilines is 1. The summed E-state index contributed by atoms with van der Waals surface area (Å²) in [6.45, 7) is 0. The molecule has 0 saturated heterocycles. The van der Waals surface area contributed by atoms with E-state index >= 15 is 0 Å². The van der Waals surface area contributed by atoms with Crippen molar-refractivity contribution in [2.45, 2.75) is 43.6 Å². The molecular weight excluding hydrogens is 328 g/mol. The lowest BCUT2D eigenvalue weighted by Crippen LogP contribution is -2.20. The Morgan fingerprint density at radius 1 is 1.08 bits per heavy atom. The van der Waals surface area contributed by atoms with Gasteiger partial charge in [0.1, 0.15) is 0 Å². The van der Waals surface area contributed by atoms with Crippen molar-refractivity contribution in [2.75, 3.05) is 5.32 Å². The van der Waals surface area contributed by atoms with Gasteiger partial charge in [-0.05, 0) is 66.8 Å². The molecule has 0 bridgehead atoms. The Morgan fingerprint density at radius 2 is 1.71 bits per heavy atom. The van der Waals surface area contributed by atoms with E-state index < -0.39 is 21.0 Å². The fourth-order valence-electron chi connectivity index (χ4n) is 3.83. The van der Waals surface area contributed by atoms with Crippen molar-refractivity contribution < 1.29 is 17.6 Å². The summed E-state index contributed by atoms with van der Waals surface area (Å²) in [6, 6.07) is 3.60. The third-order valence-electron chi connectivity index (χ3n) is 4.84. The van der Waals surface area contributed by atoms with Crippen molar-refractivity contribution >= 4 is 21.6 Å². The Hall–Kier alpha value is -2.12. The number of hydrogen-bond donors (Lipinski definition) is 2. The molecule has 24 heavy (non-hydrogen) atoms. The largest absolute Gasteiger partial charge is 0.451 e. The van der Waals surface area contributed by atoms with E-state index in [4.69, 9.17) is 9.56 Å². The van der Waals surface area contributed by atoms with Crippen molar-refractivity contribution in [3.8, 4) is 0 Å². The zero-order chi connectivity index (χ0) is 16.9. The summed E-state index contributed by atoms with van der Waals surface area (Å²) >= 11 is 0. The molecule has 126 valence electrons. The Labute approximate surface area is 140 Å². The van der Waals surface area contributed by atoms with Gasteiger partial charge in [0.2, 0.25) is 5.09 Å². The fraction of sp³-hybridized carbons (Fsp3) is 0.353.